The Kier molecular flexibility index (Phi) is 13.0. The first-order chi connectivity index (χ1) is 9.63. The van der Waals surface area contributed by atoms with Crippen LogP contribution in [0.3, 0.4) is 0 Å². The van der Waals surface area contributed by atoms with Crippen molar-refractivity contribution in [3.8, 4) is 0 Å². The number of hydrogen-bond donors (Lipinski definition) is 1. The minimum atomic E-state index is 0.171. The molecule has 0 fully saturated rings. The predicted octanol–water partition coefficient (Wildman–Crippen LogP) is 3.97. The van der Waals surface area contributed by atoms with Gasteiger partial charge < -0.3 is 5.32 Å². The first-order valence-corrected chi connectivity index (χ1v) is 8.65. The number of carbonyl (C=O) groups is 1. The molecule has 0 aromatic rings. The van der Waals surface area contributed by atoms with E-state index in [0.29, 0.717) is 12.6 Å². The number of amides is 1. The maximum Gasteiger partial charge on any atom is 0.234 e. The summed E-state index contributed by atoms with van der Waals surface area (Å²) in [4.78, 5) is 14.0. The molecule has 0 spiro atoms. The summed E-state index contributed by atoms with van der Waals surface area (Å²) in [5.74, 6) is 0.171. The van der Waals surface area contributed by atoms with E-state index in [2.05, 4.69) is 37.9 Å². The largest absolute Gasteiger partial charge is 0.353 e. The van der Waals surface area contributed by atoms with Gasteiger partial charge in [0.2, 0.25) is 5.91 Å². The fraction of sp³-hybridized carbons (Fsp3) is 0.941. The Hall–Kier alpha value is -0.570. The zero-order valence-corrected chi connectivity index (χ0v) is 14.2. The molecule has 3 nitrogen and oxygen atoms in total. The highest BCUT2D eigenvalue weighted by atomic mass is 16.2. The molecule has 1 atom stereocenters. The summed E-state index contributed by atoms with van der Waals surface area (Å²) in [6.45, 7) is 11.0. The number of rotatable bonds is 13. The number of nitrogens with one attached hydrogen (secondary N) is 1. The first kappa shape index (κ1) is 19.4. The van der Waals surface area contributed by atoms with Crippen LogP contribution in [0.4, 0.5) is 0 Å². The molecule has 0 aliphatic rings. The summed E-state index contributed by atoms with van der Waals surface area (Å²) in [6.07, 6.45) is 10.4. The molecule has 0 aliphatic heterocycles. The lowest BCUT2D eigenvalue weighted by atomic mass is 10.1. The van der Waals surface area contributed by atoms with E-state index < -0.39 is 0 Å². The van der Waals surface area contributed by atoms with Crippen molar-refractivity contribution in [1.82, 2.24) is 10.2 Å². The van der Waals surface area contributed by atoms with E-state index in [4.69, 9.17) is 0 Å². The number of nitrogens with zero attached hydrogens (tertiary/aromatic N) is 1. The summed E-state index contributed by atoms with van der Waals surface area (Å²) in [5, 5.41) is 3.11. The van der Waals surface area contributed by atoms with Crippen LogP contribution in [0.2, 0.25) is 0 Å². The smallest absolute Gasteiger partial charge is 0.234 e. The summed E-state index contributed by atoms with van der Waals surface area (Å²) in [7, 11) is 0. The molecule has 0 radical (unpaired) electrons. The van der Waals surface area contributed by atoms with Gasteiger partial charge in [-0.3, -0.25) is 9.69 Å². The molecule has 3 heteroatoms. The Bertz CT molecular complexity index is 227. The molecule has 0 heterocycles. The van der Waals surface area contributed by atoms with Crippen molar-refractivity contribution in [1.29, 1.82) is 0 Å². The van der Waals surface area contributed by atoms with Gasteiger partial charge in [0.15, 0.2) is 0 Å². The van der Waals surface area contributed by atoms with E-state index in [1.165, 1.54) is 44.9 Å². The molecular formula is C17H36N2O. The van der Waals surface area contributed by atoms with Crippen molar-refractivity contribution in [2.24, 2.45) is 0 Å². The maximum absolute atomic E-state index is 11.8. The first-order valence-electron chi connectivity index (χ1n) is 8.65. The highest BCUT2D eigenvalue weighted by Crippen LogP contribution is 2.09. The van der Waals surface area contributed by atoms with Crippen LogP contribution in [0.5, 0.6) is 0 Å². The number of carbonyl (C=O) groups excluding carboxylic acids is 1. The van der Waals surface area contributed by atoms with Gasteiger partial charge in [-0.25, -0.2) is 0 Å². The molecule has 0 unspecified atom stereocenters. The molecule has 0 saturated carbocycles. The van der Waals surface area contributed by atoms with Gasteiger partial charge >= 0.3 is 0 Å². The highest BCUT2D eigenvalue weighted by Gasteiger charge is 2.10. The van der Waals surface area contributed by atoms with E-state index in [1.807, 2.05) is 0 Å². The van der Waals surface area contributed by atoms with Crippen LogP contribution in [0.15, 0.2) is 0 Å². The third-order valence-electron chi connectivity index (χ3n) is 3.91. The zero-order chi connectivity index (χ0) is 15.2. The second-order valence-electron chi connectivity index (χ2n) is 5.84. The van der Waals surface area contributed by atoms with Gasteiger partial charge in [0.1, 0.15) is 0 Å². The molecule has 20 heavy (non-hydrogen) atoms. The van der Waals surface area contributed by atoms with Crippen LogP contribution in [-0.4, -0.2) is 36.5 Å². The topological polar surface area (TPSA) is 32.3 Å². The van der Waals surface area contributed by atoms with Crippen LogP contribution in [0, 0.1) is 0 Å². The highest BCUT2D eigenvalue weighted by molar-refractivity contribution is 5.78. The lowest BCUT2D eigenvalue weighted by Gasteiger charge is -2.19. The Balaban J connectivity index is 3.52. The normalized spacial score (nSPS) is 12.7. The van der Waals surface area contributed by atoms with Crippen molar-refractivity contribution in [3.05, 3.63) is 0 Å². The molecule has 0 aliphatic carbocycles. The van der Waals surface area contributed by atoms with Gasteiger partial charge in [-0.1, -0.05) is 65.7 Å². The predicted molar refractivity (Wildman–Crippen MR) is 88.0 cm³/mol. The third kappa shape index (κ3) is 11.3. The fourth-order valence-electron chi connectivity index (χ4n) is 2.45. The van der Waals surface area contributed by atoms with E-state index in [0.717, 1.165) is 19.5 Å². The molecule has 0 bridgehead atoms. The van der Waals surface area contributed by atoms with Gasteiger partial charge in [0.25, 0.3) is 0 Å². The van der Waals surface area contributed by atoms with Crippen LogP contribution in [0.1, 0.15) is 79.1 Å². The molecule has 1 amide bonds. The van der Waals surface area contributed by atoms with Gasteiger partial charge in [-0.2, -0.15) is 0 Å². The monoisotopic (exact) mass is 284 g/mol. The molecule has 0 aromatic carbocycles. The number of likely N-dealkylation sites (N-methyl/N-ethyl adjacent to an activating group) is 1. The molecule has 1 N–H and O–H groups in total. The summed E-state index contributed by atoms with van der Waals surface area (Å²) in [6, 6.07) is 0.314. The lowest BCUT2D eigenvalue weighted by Crippen LogP contribution is -2.40. The Morgan fingerprint density at radius 3 is 2.05 bits per heavy atom. The molecule has 0 rings (SSSR count). The Labute approximate surface area is 126 Å². The second kappa shape index (κ2) is 13.4. The van der Waals surface area contributed by atoms with E-state index >= 15 is 0 Å². The van der Waals surface area contributed by atoms with Gasteiger partial charge in [0, 0.05) is 6.04 Å². The minimum Gasteiger partial charge on any atom is -0.353 e. The van der Waals surface area contributed by atoms with Crippen molar-refractivity contribution >= 4 is 5.91 Å². The summed E-state index contributed by atoms with van der Waals surface area (Å²) < 4.78 is 0. The van der Waals surface area contributed by atoms with Crippen LogP contribution in [0.25, 0.3) is 0 Å². The fourth-order valence-corrected chi connectivity index (χ4v) is 2.45. The summed E-state index contributed by atoms with van der Waals surface area (Å²) in [5.41, 5.74) is 0. The van der Waals surface area contributed by atoms with Gasteiger partial charge in [0.05, 0.1) is 6.54 Å². The average molecular weight is 284 g/mol. The number of hydrogen-bond acceptors (Lipinski definition) is 2. The van der Waals surface area contributed by atoms with Crippen molar-refractivity contribution in [3.63, 3.8) is 0 Å². The van der Waals surface area contributed by atoms with Gasteiger partial charge in [-0.15, -0.1) is 0 Å². The molecular weight excluding hydrogens is 248 g/mol. The summed E-state index contributed by atoms with van der Waals surface area (Å²) >= 11 is 0. The Morgan fingerprint density at radius 2 is 1.50 bits per heavy atom. The van der Waals surface area contributed by atoms with Crippen molar-refractivity contribution in [2.45, 2.75) is 85.1 Å². The van der Waals surface area contributed by atoms with Crippen LogP contribution in [-0.2, 0) is 4.79 Å². The van der Waals surface area contributed by atoms with Crippen molar-refractivity contribution in [2.75, 3.05) is 19.6 Å². The Morgan fingerprint density at radius 1 is 0.950 bits per heavy atom. The minimum absolute atomic E-state index is 0.171. The standard InChI is InChI=1S/C17H36N2O/c1-5-8-9-10-11-12-13-14-16(4)18-17(20)15-19(6-2)7-3/h16H,5-15H2,1-4H3,(H,18,20)/t16-/m0/s1. The van der Waals surface area contributed by atoms with Crippen LogP contribution < -0.4 is 5.32 Å². The van der Waals surface area contributed by atoms with Crippen LogP contribution >= 0.6 is 0 Å². The quantitative estimate of drug-likeness (QED) is 0.519. The second-order valence-corrected chi connectivity index (χ2v) is 5.84. The SMILES string of the molecule is CCCCCCCCC[C@H](C)NC(=O)CN(CC)CC. The van der Waals surface area contributed by atoms with E-state index in [-0.39, 0.29) is 5.91 Å². The number of unbranched alkanes of at least 4 members (excludes halogenated alkanes) is 6. The zero-order valence-electron chi connectivity index (χ0n) is 14.2. The molecule has 0 aromatic heterocycles. The van der Waals surface area contributed by atoms with Gasteiger partial charge in [-0.05, 0) is 26.4 Å². The van der Waals surface area contributed by atoms with E-state index in [1.54, 1.807) is 0 Å². The average Bonchev–Trinajstić information content (AvgIpc) is 2.43. The van der Waals surface area contributed by atoms with Crippen molar-refractivity contribution < 1.29 is 4.79 Å². The molecule has 120 valence electrons. The maximum atomic E-state index is 11.8. The van der Waals surface area contributed by atoms with E-state index in [9.17, 15) is 4.79 Å². The third-order valence-corrected chi connectivity index (χ3v) is 3.91. The lowest BCUT2D eigenvalue weighted by molar-refractivity contribution is -0.122. The molecule has 0 saturated heterocycles.